The molecule has 0 unspecified atom stereocenters. The van der Waals surface area contributed by atoms with Crippen molar-refractivity contribution >= 4 is 0 Å². The van der Waals surface area contributed by atoms with Crippen molar-refractivity contribution < 1.29 is 0 Å². The highest BCUT2D eigenvalue weighted by molar-refractivity contribution is 5.35. The first kappa shape index (κ1) is 10.2. The minimum absolute atomic E-state index is 0.745. The highest BCUT2D eigenvalue weighted by Crippen LogP contribution is 2.25. The van der Waals surface area contributed by atoms with Crippen molar-refractivity contribution in [2.45, 2.75) is 32.1 Å². The zero-order valence-corrected chi connectivity index (χ0v) is 9.08. The first-order valence-electron chi connectivity index (χ1n) is 5.85. The maximum absolute atomic E-state index is 3.20. The molecule has 0 amide bonds. The number of hydrogen-bond acceptors (Lipinski definition) is 0. The SMILES string of the molecule is C(#Cc1ccccc1)[CH+]C1CCCCC1. The molecule has 1 aliphatic rings. The Morgan fingerprint density at radius 2 is 1.73 bits per heavy atom. The molecule has 0 aliphatic heterocycles. The third kappa shape index (κ3) is 3.36. The summed E-state index contributed by atoms with van der Waals surface area (Å²) in [6, 6.07) is 10.2. The lowest BCUT2D eigenvalue weighted by atomic mass is 9.87. The molecule has 0 heteroatoms. The van der Waals surface area contributed by atoms with E-state index in [-0.39, 0.29) is 0 Å². The van der Waals surface area contributed by atoms with E-state index in [1.807, 2.05) is 18.2 Å². The second-order valence-electron chi connectivity index (χ2n) is 4.20. The first-order chi connectivity index (χ1) is 7.45. The van der Waals surface area contributed by atoms with Gasteiger partial charge in [-0.15, -0.1) is 0 Å². The molecule has 1 aromatic carbocycles. The summed E-state index contributed by atoms with van der Waals surface area (Å²) in [4.78, 5) is 0. The van der Waals surface area contributed by atoms with Crippen molar-refractivity contribution in [1.82, 2.24) is 0 Å². The van der Waals surface area contributed by atoms with Gasteiger partial charge in [0.1, 0.15) is 11.5 Å². The van der Waals surface area contributed by atoms with Crippen LogP contribution < -0.4 is 0 Å². The Labute approximate surface area is 92.7 Å². The Morgan fingerprint density at radius 1 is 1.00 bits per heavy atom. The van der Waals surface area contributed by atoms with Crippen LogP contribution in [0.2, 0.25) is 0 Å². The van der Waals surface area contributed by atoms with E-state index in [0.717, 1.165) is 11.5 Å². The number of hydrogen-bond donors (Lipinski definition) is 0. The average molecular weight is 197 g/mol. The van der Waals surface area contributed by atoms with Gasteiger partial charge in [-0.25, -0.2) is 0 Å². The van der Waals surface area contributed by atoms with Crippen molar-refractivity contribution in [3.8, 4) is 11.8 Å². The quantitative estimate of drug-likeness (QED) is 0.474. The summed E-state index contributed by atoms with van der Waals surface area (Å²) in [6.07, 6.45) is 9.05. The molecular formula is C15H17+. The van der Waals surface area contributed by atoms with Gasteiger partial charge < -0.3 is 0 Å². The summed E-state index contributed by atoms with van der Waals surface area (Å²) < 4.78 is 0. The molecule has 0 radical (unpaired) electrons. The van der Waals surface area contributed by atoms with Crippen LogP contribution in [0.25, 0.3) is 0 Å². The maximum Gasteiger partial charge on any atom is 0.160 e. The Balaban J connectivity index is 1.84. The second-order valence-corrected chi connectivity index (χ2v) is 4.20. The van der Waals surface area contributed by atoms with Crippen molar-refractivity contribution in [3.63, 3.8) is 0 Å². The minimum Gasteiger partial charge on any atom is -0.0620 e. The second kappa shape index (κ2) is 5.51. The predicted molar refractivity (Wildman–Crippen MR) is 64.2 cm³/mol. The third-order valence-electron chi connectivity index (χ3n) is 2.96. The van der Waals surface area contributed by atoms with Gasteiger partial charge in [0.15, 0.2) is 5.92 Å². The molecule has 2 rings (SSSR count). The molecule has 1 aromatic rings. The van der Waals surface area contributed by atoms with Crippen LogP contribution in [0.3, 0.4) is 0 Å². The smallest absolute Gasteiger partial charge is 0.0620 e. The summed E-state index contributed by atoms with van der Waals surface area (Å²) in [6.45, 7) is 0. The van der Waals surface area contributed by atoms with E-state index in [9.17, 15) is 0 Å². The van der Waals surface area contributed by atoms with Crippen LogP contribution in [-0.4, -0.2) is 0 Å². The van der Waals surface area contributed by atoms with E-state index in [1.165, 1.54) is 32.1 Å². The van der Waals surface area contributed by atoms with Crippen molar-refractivity contribution in [2.75, 3.05) is 0 Å². The molecule has 1 fully saturated rings. The average Bonchev–Trinajstić information content (AvgIpc) is 2.32. The highest BCUT2D eigenvalue weighted by Gasteiger charge is 2.16. The Bertz CT molecular complexity index is 333. The lowest BCUT2D eigenvalue weighted by molar-refractivity contribution is 0.406. The van der Waals surface area contributed by atoms with Crippen LogP contribution in [-0.2, 0) is 0 Å². The molecule has 0 spiro atoms. The van der Waals surface area contributed by atoms with Gasteiger partial charge in [0.25, 0.3) is 0 Å². The van der Waals surface area contributed by atoms with Gasteiger partial charge in [0, 0.05) is 0 Å². The zero-order chi connectivity index (χ0) is 10.3. The van der Waals surface area contributed by atoms with Gasteiger partial charge in [-0.1, -0.05) is 37.5 Å². The predicted octanol–water partition coefficient (Wildman–Crippen LogP) is 3.82. The molecule has 0 N–H and O–H groups in total. The molecule has 0 nitrogen and oxygen atoms in total. The van der Waals surface area contributed by atoms with Crippen LogP contribution in [0.5, 0.6) is 0 Å². The molecule has 0 atom stereocenters. The molecule has 15 heavy (non-hydrogen) atoms. The van der Waals surface area contributed by atoms with Gasteiger partial charge in [-0.05, 0) is 25.0 Å². The molecule has 1 aliphatic carbocycles. The van der Waals surface area contributed by atoms with Gasteiger partial charge in [-0.3, -0.25) is 0 Å². The van der Waals surface area contributed by atoms with Crippen LogP contribution in [0.4, 0.5) is 0 Å². The maximum atomic E-state index is 3.20. The summed E-state index contributed by atoms with van der Waals surface area (Å²) in [5.41, 5.74) is 1.12. The molecular weight excluding hydrogens is 180 g/mol. The summed E-state index contributed by atoms with van der Waals surface area (Å²) in [5, 5.41) is 0. The summed E-state index contributed by atoms with van der Waals surface area (Å²) >= 11 is 0. The van der Waals surface area contributed by atoms with Crippen LogP contribution in [0, 0.1) is 24.2 Å². The van der Waals surface area contributed by atoms with Gasteiger partial charge >= 0.3 is 0 Å². The van der Waals surface area contributed by atoms with Crippen LogP contribution >= 0.6 is 0 Å². The lowest BCUT2D eigenvalue weighted by Crippen LogP contribution is -2.05. The highest BCUT2D eigenvalue weighted by atomic mass is 14.2. The van der Waals surface area contributed by atoms with E-state index < -0.39 is 0 Å². The Morgan fingerprint density at radius 3 is 2.47 bits per heavy atom. The van der Waals surface area contributed by atoms with Crippen LogP contribution in [0.1, 0.15) is 37.7 Å². The standard InChI is InChI=1S/C15H17/c1-3-8-14(9-4-1)12-7-13-15-10-5-2-6-11-15/h1,3-4,8-9,13,15H,2,5-6,10-11H2/q+1. The normalized spacial score (nSPS) is 16.5. The van der Waals surface area contributed by atoms with E-state index in [4.69, 9.17) is 0 Å². The van der Waals surface area contributed by atoms with E-state index in [1.54, 1.807) is 0 Å². The fourth-order valence-electron chi connectivity index (χ4n) is 2.07. The lowest BCUT2D eigenvalue weighted by Gasteiger charge is -2.14. The van der Waals surface area contributed by atoms with Gasteiger partial charge in [0.2, 0.25) is 0 Å². The van der Waals surface area contributed by atoms with E-state index >= 15 is 0 Å². The molecule has 76 valence electrons. The fourth-order valence-corrected chi connectivity index (χ4v) is 2.07. The largest absolute Gasteiger partial charge is 0.160 e. The molecule has 0 heterocycles. The third-order valence-corrected chi connectivity index (χ3v) is 2.96. The van der Waals surface area contributed by atoms with Gasteiger partial charge in [0.05, 0.1) is 12.3 Å². The van der Waals surface area contributed by atoms with Crippen molar-refractivity contribution in [3.05, 3.63) is 42.3 Å². The van der Waals surface area contributed by atoms with Crippen LogP contribution in [0.15, 0.2) is 30.3 Å². The summed E-state index contributed by atoms with van der Waals surface area (Å²) in [5.74, 6) is 7.13. The molecule has 0 bridgehead atoms. The van der Waals surface area contributed by atoms with Crippen molar-refractivity contribution in [1.29, 1.82) is 0 Å². The van der Waals surface area contributed by atoms with E-state index in [2.05, 4.69) is 30.4 Å². The van der Waals surface area contributed by atoms with E-state index in [0.29, 0.717) is 0 Å². The minimum atomic E-state index is 0.745. The van der Waals surface area contributed by atoms with Gasteiger partial charge in [-0.2, -0.15) is 0 Å². The summed E-state index contributed by atoms with van der Waals surface area (Å²) in [7, 11) is 0. The zero-order valence-electron chi connectivity index (χ0n) is 9.08. The first-order valence-corrected chi connectivity index (χ1v) is 5.85. The molecule has 1 saturated carbocycles. The number of rotatable bonds is 1. The fraction of sp³-hybridized carbons (Fsp3) is 0.400. The Kier molecular flexibility index (Phi) is 3.74. The monoisotopic (exact) mass is 197 g/mol. The topological polar surface area (TPSA) is 0 Å². The number of benzene rings is 1. The Hall–Kier alpha value is -1.35. The molecule has 0 saturated heterocycles. The molecule has 0 aromatic heterocycles. The van der Waals surface area contributed by atoms with Crippen molar-refractivity contribution in [2.24, 2.45) is 5.92 Å².